The van der Waals surface area contributed by atoms with Gasteiger partial charge in [-0.1, -0.05) is 23.8 Å². The zero-order valence-corrected chi connectivity index (χ0v) is 22.9. The molecular weight excluding hydrogens is 492 g/mol. The summed E-state index contributed by atoms with van der Waals surface area (Å²) in [6.07, 6.45) is 0. The summed E-state index contributed by atoms with van der Waals surface area (Å²) >= 11 is 0. The van der Waals surface area contributed by atoms with Gasteiger partial charge >= 0.3 is 0 Å². The number of anilines is 1. The summed E-state index contributed by atoms with van der Waals surface area (Å²) in [5.74, 6) is 0.914. The van der Waals surface area contributed by atoms with E-state index in [0.717, 1.165) is 21.0 Å². The van der Waals surface area contributed by atoms with Crippen LogP contribution in [0.25, 0.3) is 0 Å². The summed E-state index contributed by atoms with van der Waals surface area (Å²) in [6, 6.07) is 17.0. The van der Waals surface area contributed by atoms with Crippen LogP contribution in [0.3, 0.4) is 0 Å². The number of hydrogen-bond acceptors (Lipinski definition) is 6. The van der Waals surface area contributed by atoms with Gasteiger partial charge in [0.15, 0.2) is 11.5 Å². The summed E-state index contributed by atoms with van der Waals surface area (Å²) in [6.45, 7) is 7.38. The number of amides is 1. The molecule has 0 aliphatic rings. The number of ether oxygens (including phenoxy) is 3. The molecule has 1 atom stereocenters. The number of carbonyl (C=O) groups is 1. The minimum atomic E-state index is -4.13. The van der Waals surface area contributed by atoms with Gasteiger partial charge in [-0.15, -0.1) is 0 Å². The summed E-state index contributed by atoms with van der Waals surface area (Å²) in [7, 11) is -1.22. The highest BCUT2D eigenvalue weighted by Crippen LogP contribution is 2.32. The zero-order chi connectivity index (χ0) is 27.2. The number of methoxy groups -OCH3 is 2. The lowest BCUT2D eigenvalue weighted by molar-refractivity contribution is -0.120. The molecular formula is C28H34N2O6S. The molecule has 1 amide bonds. The van der Waals surface area contributed by atoms with E-state index in [1.165, 1.54) is 32.4 Å². The fraction of sp³-hybridized carbons (Fsp3) is 0.321. The molecule has 0 aliphatic carbocycles. The highest BCUT2D eigenvalue weighted by Gasteiger charge is 2.29. The monoisotopic (exact) mass is 526 g/mol. The zero-order valence-electron chi connectivity index (χ0n) is 22.1. The van der Waals surface area contributed by atoms with Gasteiger partial charge < -0.3 is 19.5 Å². The van der Waals surface area contributed by atoms with Gasteiger partial charge in [-0.2, -0.15) is 0 Å². The van der Waals surface area contributed by atoms with Crippen LogP contribution in [-0.2, 0) is 14.8 Å². The minimum Gasteiger partial charge on any atom is -0.493 e. The molecule has 0 saturated carbocycles. The predicted octanol–water partition coefficient (Wildman–Crippen LogP) is 4.41. The molecule has 0 bridgehead atoms. The van der Waals surface area contributed by atoms with Crippen LogP contribution in [0, 0.1) is 20.8 Å². The molecule has 0 aromatic heterocycles. The average Bonchev–Trinajstić information content (AvgIpc) is 2.85. The number of benzene rings is 3. The van der Waals surface area contributed by atoms with Crippen LogP contribution < -0.4 is 23.8 Å². The molecule has 0 aliphatic heterocycles. The van der Waals surface area contributed by atoms with Gasteiger partial charge in [0.25, 0.3) is 10.0 Å². The Morgan fingerprint density at radius 1 is 0.865 bits per heavy atom. The minimum absolute atomic E-state index is 0.0205. The van der Waals surface area contributed by atoms with Crippen molar-refractivity contribution < 1.29 is 27.4 Å². The summed E-state index contributed by atoms with van der Waals surface area (Å²) in [5.41, 5.74) is 3.27. The number of aryl methyl sites for hydroxylation is 3. The van der Waals surface area contributed by atoms with Gasteiger partial charge in [-0.05, 0) is 75.2 Å². The van der Waals surface area contributed by atoms with Crippen molar-refractivity contribution in [1.29, 1.82) is 0 Å². The third-order valence-electron chi connectivity index (χ3n) is 5.65. The normalized spacial score (nSPS) is 11.9. The van der Waals surface area contributed by atoms with Crippen molar-refractivity contribution in [2.24, 2.45) is 0 Å². The van der Waals surface area contributed by atoms with Gasteiger partial charge in [0.05, 0.1) is 30.8 Å². The molecule has 0 fully saturated rings. The van der Waals surface area contributed by atoms with Crippen molar-refractivity contribution in [2.45, 2.75) is 38.6 Å². The molecule has 0 heterocycles. The van der Waals surface area contributed by atoms with Crippen LogP contribution in [0.5, 0.6) is 17.2 Å². The van der Waals surface area contributed by atoms with E-state index in [9.17, 15) is 13.2 Å². The second-order valence-corrected chi connectivity index (χ2v) is 10.8. The topological polar surface area (TPSA) is 94.2 Å². The van der Waals surface area contributed by atoms with E-state index >= 15 is 0 Å². The molecule has 0 radical (unpaired) electrons. The lowest BCUT2D eigenvalue weighted by atomic mass is 10.1. The molecule has 198 valence electrons. The van der Waals surface area contributed by atoms with Gasteiger partial charge in [0.2, 0.25) is 5.91 Å². The number of nitrogens with one attached hydrogen (secondary N) is 1. The maximum Gasteiger partial charge on any atom is 0.264 e. The van der Waals surface area contributed by atoms with Crippen LogP contribution in [0.1, 0.15) is 23.6 Å². The van der Waals surface area contributed by atoms with Crippen LogP contribution >= 0.6 is 0 Å². The van der Waals surface area contributed by atoms with Crippen molar-refractivity contribution >= 4 is 21.6 Å². The molecule has 0 spiro atoms. The van der Waals surface area contributed by atoms with Crippen LogP contribution in [-0.4, -0.2) is 47.7 Å². The highest BCUT2D eigenvalue weighted by atomic mass is 32.2. The predicted molar refractivity (Wildman–Crippen MR) is 144 cm³/mol. The van der Waals surface area contributed by atoms with Gasteiger partial charge in [0.1, 0.15) is 18.9 Å². The molecule has 3 rings (SSSR count). The SMILES string of the molecule is COc1ccc(S(=O)(=O)N(CC(=O)NC(C)COc2ccc(C)cc2)c2cc(C)cc(C)c2)cc1OC. The van der Waals surface area contributed by atoms with E-state index in [1.54, 1.807) is 19.1 Å². The van der Waals surface area contributed by atoms with E-state index in [0.29, 0.717) is 17.2 Å². The third kappa shape index (κ3) is 7.16. The Kier molecular flexibility index (Phi) is 9.04. The Bertz CT molecular complexity index is 1320. The Morgan fingerprint density at radius 2 is 1.49 bits per heavy atom. The van der Waals surface area contributed by atoms with Crippen molar-refractivity contribution in [1.82, 2.24) is 5.32 Å². The molecule has 0 saturated heterocycles. The van der Waals surface area contributed by atoms with Gasteiger partial charge in [0, 0.05) is 6.07 Å². The highest BCUT2D eigenvalue weighted by molar-refractivity contribution is 7.92. The standard InChI is InChI=1S/C28H34N2O6S/c1-19-7-9-24(10-8-19)36-18-22(4)29-28(31)17-30(23-14-20(2)13-21(3)15-23)37(32,33)25-11-12-26(34-5)27(16-25)35-6/h7-16,22H,17-18H2,1-6H3,(H,29,31). The summed E-state index contributed by atoms with van der Waals surface area (Å²) in [5, 5.41) is 2.84. The van der Waals surface area contributed by atoms with Crippen LogP contribution in [0.4, 0.5) is 5.69 Å². The number of nitrogens with zero attached hydrogens (tertiary/aromatic N) is 1. The number of hydrogen-bond donors (Lipinski definition) is 1. The Balaban J connectivity index is 1.85. The maximum atomic E-state index is 13.8. The van der Waals surface area contributed by atoms with Gasteiger partial charge in [-0.25, -0.2) is 8.42 Å². The molecule has 3 aromatic rings. The van der Waals surface area contributed by atoms with E-state index in [4.69, 9.17) is 14.2 Å². The molecule has 8 nitrogen and oxygen atoms in total. The van der Waals surface area contributed by atoms with Crippen molar-refractivity contribution in [3.63, 3.8) is 0 Å². The van der Waals surface area contributed by atoms with Crippen molar-refractivity contribution in [2.75, 3.05) is 31.7 Å². The summed E-state index contributed by atoms with van der Waals surface area (Å²) in [4.78, 5) is 13.0. The van der Waals surface area contributed by atoms with E-state index in [2.05, 4.69) is 5.32 Å². The number of sulfonamides is 1. The first-order chi connectivity index (χ1) is 17.5. The Hall–Kier alpha value is -3.72. The second-order valence-electron chi connectivity index (χ2n) is 8.97. The van der Waals surface area contributed by atoms with Gasteiger partial charge in [-0.3, -0.25) is 9.10 Å². The first kappa shape index (κ1) is 27.9. The van der Waals surface area contributed by atoms with Crippen LogP contribution in [0.2, 0.25) is 0 Å². The molecule has 3 aromatic carbocycles. The Morgan fingerprint density at radius 3 is 2.08 bits per heavy atom. The smallest absolute Gasteiger partial charge is 0.264 e. The number of carbonyl (C=O) groups excluding carboxylic acids is 1. The molecule has 37 heavy (non-hydrogen) atoms. The fourth-order valence-corrected chi connectivity index (χ4v) is 5.28. The quantitative estimate of drug-likeness (QED) is 0.398. The largest absolute Gasteiger partial charge is 0.493 e. The average molecular weight is 527 g/mol. The number of rotatable bonds is 11. The van der Waals surface area contributed by atoms with E-state index in [1.807, 2.05) is 51.1 Å². The second kappa shape index (κ2) is 12.0. The maximum absolute atomic E-state index is 13.8. The lowest BCUT2D eigenvalue weighted by Crippen LogP contribution is -2.45. The lowest BCUT2D eigenvalue weighted by Gasteiger charge is -2.26. The van der Waals surface area contributed by atoms with Crippen LogP contribution in [0.15, 0.2) is 65.6 Å². The van der Waals surface area contributed by atoms with E-state index < -0.39 is 22.5 Å². The van der Waals surface area contributed by atoms with Crippen molar-refractivity contribution in [3.05, 3.63) is 77.4 Å². The fourth-order valence-electron chi connectivity index (χ4n) is 3.86. The molecule has 9 heteroatoms. The Labute approximate surface area is 219 Å². The third-order valence-corrected chi connectivity index (χ3v) is 7.42. The summed E-state index contributed by atoms with van der Waals surface area (Å²) < 4.78 is 45.0. The first-order valence-corrected chi connectivity index (χ1v) is 13.3. The molecule has 1 N–H and O–H groups in total. The molecule has 1 unspecified atom stereocenters. The first-order valence-electron chi connectivity index (χ1n) is 11.9. The van der Waals surface area contributed by atoms with Crippen molar-refractivity contribution in [3.8, 4) is 17.2 Å². The van der Waals surface area contributed by atoms with E-state index in [-0.39, 0.29) is 23.3 Å².